The third-order valence-electron chi connectivity index (χ3n) is 3.30. The Labute approximate surface area is 154 Å². The number of sulfonamides is 1. The fourth-order valence-corrected chi connectivity index (χ4v) is 3.00. The van der Waals surface area contributed by atoms with E-state index in [4.69, 9.17) is 4.74 Å². The van der Waals surface area contributed by atoms with Crippen LogP contribution in [-0.4, -0.2) is 33.4 Å². The first-order chi connectivity index (χ1) is 12.7. The highest BCUT2D eigenvalue weighted by molar-refractivity contribution is 7.89. The summed E-state index contributed by atoms with van der Waals surface area (Å²) in [4.78, 5) is 23.2. The minimum absolute atomic E-state index is 0.170. The van der Waals surface area contributed by atoms with Gasteiger partial charge in [-0.05, 0) is 43.3 Å². The van der Waals surface area contributed by atoms with Gasteiger partial charge in [0.25, 0.3) is 0 Å². The van der Waals surface area contributed by atoms with Crippen molar-refractivity contribution in [1.82, 2.24) is 4.72 Å². The maximum atomic E-state index is 13.5. The number of amides is 1. The molecule has 0 saturated heterocycles. The number of ether oxygens (including phenoxy) is 1. The number of nitrogens with one attached hydrogen (secondary N) is 2. The van der Waals surface area contributed by atoms with Gasteiger partial charge in [0.15, 0.2) is 0 Å². The molecule has 2 N–H and O–H groups in total. The normalized spacial score (nSPS) is 11.1. The molecule has 0 radical (unpaired) electrons. The third kappa shape index (κ3) is 5.56. The Kier molecular flexibility index (Phi) is 6.59. The van der Waals surface area contributed by atoms with Crippen molar-refractivity contribution in [2.45, 2.75) is 11.8 Å². The molecular formula is C17H16F2N2O5S. The zero-order valence-corrected chi connectivity index (χ0v) is 15.0. The van der Waals surface area contributed by atoms with E-state index >= 15 is 0 Å². The Morgan fingerprint density at radius 3 is 2.33 bits per heavy atom. The highest BCUT2D eigenvalue weighted by Crippen LogP contribution is 2.15. The molecular weight excluding hydrogens is 382 g/mol. The van der Waals surface area contributed by atoms with E-state index in [9.17, 15) is 26.8 Å². The maximum Gasteiger partial charge on any atom is 0.338 e. The molecule has 0 heterocycles. The minimum atomic E-state index is -4.04. The number of anilines is 1. The number of rotatable bonds is 7. The first-order valence-corrected chi connectivity index (χ1v) is 9.23. The first-order valence-electron chi connectivity index (χ1n) is 7.74. The van der Waals surface area contributed by atoms with Gasteiger partial charge in [0.05, 0.1) is 29.3 Å². The molecule has 2 aromatic carbocycles. The number of hydrogen-bond donors (Lipinski definition) is 2. The number of carbonyl (C=O) groups excluding carboxylic acids is 2. The van der Waals surface area contributed by atoms with E-state index in [-0.39, 0.29) is 22.8 Å². The van der Waals surface area contributed by atoms with Crippen LogP contribution in [0.2, 0.25) is 0 Å². The quantitative estimate of drug-likeness (QED) is 0.695. The van der Waals surface area contributed by atoms with Gasteiger partial charge in [-0.25, -0.2) is 26.7 Å². The summed E-state index contributed by atoms with van der Waals surface area (Å²) >= 11 is 0. The molecule has 0 aromatic heterocycles. The lowest BCUT2D eigenvalue weighted by Gasteiger charge is -2.09. The van der Waals surface area contributed by atoms with Crippen LogP contribution >= 0.6 is 0 Å². The van der Waals surface area contributed by atoms with Crippen LogP contribution in [0.15, 0.2) is 47.4 Å². The molecule has 1 amide bonds. The molecule has 0 aliphatic carbocycles. The van der Waals surface area contributed by atoms with Crippen molar-refractivity contribution in [2.75, 3.05) is 18.5 Å². The van der Waals surface area contributed by atoms with Gasteiger partial charge in [-0.1, -0.05) is 0 Å². The summed E-state index contributed by atoms with van der Waals surface area (Å²) in [5.41, 5.74) is -0.0975. The van der Waals surface area contributed by atoms with Crippen LogP contribution in [0.3, 0.4) is 0 Å². The van der Waals surface area contributed by atoms with Gasteiger partial charge in [0.2, 0.25) is 15.9 Å². The van der Waals surface area contributed by atoms with Gasteiger partial charge in [-0.3, -0.25) is 4.79 Å². The molecule has 0 fully saturated rings. The van der Waals surface area contributed by atoms with Gasteiger partial charge in [0.1, 0.15) is 11.6 Å². The van der Waals surface area contributed by atoms with Gasteiger partial charge in [0, 0.05) is 6.07 Å². The van der Waals surface area contributed by atoms with E-state index in [1.807, 2.05) is 4.72 Å². The fourth-order valence-electron chi connectivity index (χ4n) is 2.01. The van der Waals surface area contributed by atoms with E-state index in [0.29, 0.717) is 6.07 Å². The van der Waals surface area contributed by atoms with Crippen LogP contribution < -0.4 is 10.0 Å². The summed E-state index contributed by atoms with van der Waals surface area (Å²) in [7, 11) is -4.04. The summed E-state index contributed by atoms with van der Waals surface area (Å²) in [6.45, 7) is 1.16. The predicted octanol–water partition coefficient (Wildman–Crippen LogP) is 2.06. The standard InChI is InChI=1S/C17H16F2N2O5S/c1-2-26-17(23)11-3-6-13(7-4-11)27(24,25)20-10-16(22)21-15-8-5-12(18)9-14(15)19/h3-9,20H,2,10H2,1H3,(H,21,22). The lowest BCUT2D eigenvalue weighted by molar-refractivity contribution is -0.115. The first kappa shape index (κ1) is 20.5. The van der Waals surface area contributed by atoms with E-state index in [1.165, 1.54) is 24.3 Å². The molecule has 0 saturated carbocycles. The van der Waals surface area contributed by atoms with Crippen molar-refractivity contribution in [3.63, 3.8) is 0 Å². The van der Waals surface area contributed by atoms with E-state index in [0.717, 1.165) is 12.1 Å². The summed E-state index contributed by atoms with van der Waals surface area (Å²) in [6, 6.07) is 7.49. The number of hydrogen-bond acceptors (Lipinski definition) is 5. The van der Waals surface area contributed by atoms with Crippen LogP contribution in [0, 0.1) is 11.6 Å². The highest BCUT2D eigenvalue weighted by atomic mass is 32.2. The molecule has 0 atom stereocenters. The second-order valence-corrected chi connectivity index (χ2v) is 7.01. The average Bonchev–Trinajstić information content (AvgIpc) is 2.63. The Balaban J connectivity index is 1.99. The van der Waals surface area contributed by atoms with Crippen LogP contribution in [0.1, 0.15) is 17.3 Å². The van der Waals surface area contributed by atoms with Crippen LogP contribution in [0.25, 0.3) is 0 Å². The predicted molar refractivity (Wildman–Crippen MR) is 92.6 cm³/mol. The molecule has 144 valence electrons. The molecule has 0 unspecified atom stereocenters. The van der Waals surface area contributed by atoms with Crippen molar-refractivity contribution in [2.24, 2.45) is 0 Å². The maximum absolute atomic E-state index is 13.5. The average molecular weight is 398 g/mol. The monoisotopic (exact) mass is 398 g/mol. The van der Waals surface area contributed by atoms with Gasteiger partial charge in [-0.15, -0.1) is 0 Å². The molecule has 10 heteroatoms. The molecule has 0 aliphatic heterocycles. The topological polar surface area (TPSA) is 102 Å². The number of halogens is 2. The SMILES string of the molecule is CCOC(=O)c1ccc(S(=O)(=O)NCC(=O)Nc2ccc(F)cc2F)cc1. The van der Waals surface area contributed by atoms with Crippen LogP contribution in [0.5, 0.6) is 0 Å². The number of benzene rings is 2. The zero-order chi connectivity index (χ0) is 20.0. The second-order valence-electron chi connectivity index (χ2n) is 5.24. The van der Waals surface area contributed by atoms with E-state index in [2.05, 4.69) is 5.32 Å². The van der Waals surface area contributed by atoms with Crippen molar-refractivity contribution in [3.05, 3.63) is 59.7 Å². The van der Waals surface area contributed by atoms with Crippen molar-refractivity contribution >= 4 is 27.6 Å². The lowest BCUT2D eigenvalue weighted by Crippen LogP contribution is -2.33. The summed E-state index contributed by atoms with van der Waals surface area (Å²) in [5, 5.41) is 2.13. The lowest BCUT2D eigenvalue weighted by atomic mass is 10.2. The zero-order valence-electron chi connectivity index (χ0n) is 14.2. The van der Waals surface area contributed by atoms with Crippen molar-refractivity contribution < 1.29 is 31.5 Å². The molecule has 0 spiro atoms. The van der Waals surface area contributed by atoms with E-state index < -0.39 is 40.1 Å². The highest BCUT2D eigenvalue weighted by Gasteiger charge is 2.17. The van der Waals surface area contributed by atoms with Gasteiger partial charge in [-0.2, -0.15) is 0 Å². The summed E-state index contributed by atoms with van der Waals surface area (Å²) in [6.07, 6.45) is 0. The molecule has 0 aliphatic rings. The van der Waals surface area contributed by atoms with Crippen molar-refractivity contribution in [3.8, 4) is 0 Å². The minimum Gasteiger partial charge on any atom is -0.462 e. The molecule has 2 rings (SSSR count). The molecule has 7 nitrogen and oxygen atoms in total. The second kappa shape index (κ2) is 8.69. The Morgan fingerprint density at radius 2 is 1.74 bits per heavy atom. The molecule has 2 aromatic rings. The molecule has 27 heavy (non-hydrogen) atoms. The fraction of sp³-hybridized carbons (Fsp3) is 0.176. The number of esters is 1. The van der Waals surface area contributed by atoms with Gasteiger partial charge < -0.3 is 10.1 Å². The Hall–Kier alpha value is -2.85. The molecule has 0 bridgehead atoms. The number of carbonyl (C=O) groups is 2. The largest absolute Gasteiger partial charge is 0.462 e. The Morgan fingerprint density at radius 1 is 1.07 bits per heavy atom. The smallest absolute Gasteiger partial charge is 0.338 e. The van der Waals surface area contributed by atoms with E-state index in [1.54, 1.807) is 6.92 Å². The van der Waals surface area contributed by atoms with Crippen molar-refractivity contribution in [1.29, 1.82) is 0 Å². The van der Waals surface area contributed by atoms with Gasteiger partial charge >= 0.3 is 5.97 Å². The summed E-state index contributed by atoms with van der Waals surface area (Å²) < 4.78 is 57.5. The summed E-state index contributed by atoms with van der Waals surface area (Å²) in [5.74, 6) is -3.22. The third-order valence-corrected chi connectivity index (χ3v) is 4.72. The van der Waals surface area contributed by atoms with Crippen LogP contribution in [-0.2, 0) is 19.6 Å². The Bertz CT molecular complexity index is 946. The van der Waals surface area contributed by atoms with Crippen LogP contribution in [0.4, 0.5) is 14.5 Å².